The van der Waals surface area contributed by atoms with Gasteiger partial charge in [-0.15, -0.1) is 6.26 Å². The summed E-state index contributed by atoms with van der Waals surface area (Å²) in [6, 6.07) is 0. The summed E-state index contributed by atoms with van der Waals surface area (Å²) < 4.78 is 0. The Labute approximate surface area is 59.4 Å². The maximum absolute atomic E-state index is 5.29. The second-order valence-electron chi connectivity index (χ2n) is 1.84. The average molecular weight is 147 g/mol. The molecule has 0 amide bonds. The van der Waals surface area contributed by atoms with Gasteiger partial charge < -0.3 is 21.4 Å². The van der Waals surface area contributed by atoms with E-state index in [2.05, 4.69) is 23.7 Å². The molecule has 56 valence electrons. The first kappa shape index (κ1) is 9.05. The Morgan fingerprint density at radius 1 is 1.78 bits per heavy atom. The van der Waals surface area contributed by atoms with Crippen LogP contribution in [0.4, 0.5) is 0 Å². The molecule has 0 aromatic rings. The minimum atomic E-state index is 0.199. The molecule has 0 aromatic heterocycles. The maximum atomic E-state index is 5.29. The molecule has 3 heteroatoms. The van der Waals surface area contributed by atoms with E-state index in [9.17, 15) is 0 Å². The summed E-state index contributed by atoms with van der Waals surface area (Å²) in [6.45, 7) is 2.69. The van der Waals surface area contributed by atoms with Crippen LogP contribution in [0.25, 0.3) is 0 Å². The van der Waals surface area contributed by atoms with Crippen LogP contribution in [0.1, 0.15) is 6.92 Å². The molecule has 9 heavy (non-hydrogen) atoms. The van der Waals surface area contributed by atoms with E-state index in [0.29, 0.717) is 11.9 Å². The van der Waals surface area contributed by atoms with Gasteiger partial charge >= 0.3 is 0 Å². The summed E-state index contributed by atoms with van der Waals surface area (Å²) >= 11 is 0. The molecule has 0 aliphatic rings. The van der Waals surface area contributed by atoms with E-state index >= 15 is 0 Å². The molecule has 0 spiro atoms. The van der Waals surface area contributed by atoms with Gasteiger partial charge in [-0.1, -0.05) is 12.3 Å². The normalized spacial score (nSPS) is 13.4. The van der Waals surface area contributed by atoms with Gasteiger partial charge in [0.1, 0.15) is 0 Å². The van der Waals surface area contributed by atoms with E-state index in [1.807, 2.05) is 7.05 Å². The third-order valence-electron chi connectivity index (χ3n) is 1.25. The molecule has 0 radical (unpaired) electrons. The van der Waals surface area contributed by atoms with Crippen LogP contribution < -0.4 is 11.1 Å². The predicted molar refractivity (Wildman–Crippen MR) is 44.8 cm³/mol. The molecular formula is C6H15N2S-. The quantitative estimate of drug-likeness (QED) is 0.501. The van der Waals surface area contributed by atoms with Crippen molar-refractivity contribution in [2.45, 2.75) is 12.3 Å². The zero-order valence-electron chi connectivity index (χ0n) is 6.27. The Morgan fingerprint density at radius 3 is 2.67 bits per heavy atom. The highest BCUT2D eigenvalue weighted by atomic mass is 32.2. The van der Waals surface area contributed by atoms with Crippen LogP contribution in [0.2, 0.25) is 0 Å². The van der Waals surface area contributed by atoms with Gasteiger partial charge in [-0.2, -0.15) is 0 Å². The lowest BCUT2D eigenvalue weighted by atomic mass is 10.8. The number of rotatable bonds is 1. The summed E-state index contributed by atoms with van der Waals surface area (Å²) in [6.07, 6.45) is 2.13. The molecule has 0 aromatic carbocycles. The topological polar surface area (TPSA) is 38.0 Å². The highest BCUT2D eigenvalue weighted by Crippen LogP contribution is 1.83. The molecule has 1 atom stereocenters. The summed E-state index contributed by atoms with van der Waals surface area (Å²) in [7, 11) is 2.15. The standard InChI is InChI=1S/C6H15N2S/c1-6(8-2)9(3)5-4-7/h6,8H,4,7H2,1-3H3/q-1. The van der Waals surface area contributed by atoms with Gasteiger partial charge in [0, 0.05) is 6.54 Å². The molecule has 1 unspecified atom stereocenters. The van der Waals surface area contributed by atoms with Crippen molar-refractivity contribution in [2.75, 3.05) is 19.8 Å². The molecule has 3 N–H and O–H groups in total. The van der Waals surface area contributed by atoms with Crippen molar-refractivity contribution in [3.05, 3.63) is 0 Å². The second-order valence-corrected chi connectivity index (χ2v) is 3.95. The highest BCUT2D eigenvalue weighted by molar-refractivity contribution is 7.86. The first-order valence-electron chi connectivity index (χ1n) is 2.98. The van der Waals surface area contributed by atoms with E-state index in [-0.39, 0.29) is 10.3 Å². The molecule has 0 saturated carbocycles. The van der Waals surface area contributed by atoms with Crippen molar-refractivity contribution in [3.8, 4) is 5.18 Å². The SMILES string of the molecule is CNC(C)[S-](C)#CCN. The zero-order chi connectivity index (χ0) is 7.28. The van der Waals surface area contributed by atoms with Crippen LogP contribution in [-0.4, -0.2) is 25.2 Å². The number of hydrogen-bond acceptors (Lipinski definition) is 3. The lowest BCUT2D eigenvalue weighted by molar-refractivity contribution is 0.805. The van der Waals surface area contributed by atoms with Crippen LogP contribution in [0.15, 0.2) is 0 Å². The maximum Gasteiger partial charge on any atom is 0.0210 e. The van der Waals surface area contributed by atoms with Crippen molar-refractivity contribution >= 4 is 10.3 Å². The fourth-order valence-corrected chi connectivity index (χ4v) is 1.30. The van der Waals surface area contributed by atoms with E-state index in [1.54, 1.807) is 0 Å². The second kappa shape index (κ2) is 4.89. The largest absolute Gasteiger partial charge is 0.440 e. The first-order valence-corrected chi connectivity index (χ1v) is 4.67. The summed E-state index contributed by atoms with van der Waals surface area (Å²) in [4.78, 5) is 0. The number of nitrogens with one attached hydrogen (secondary N) is 1. The van der Waals surface area contributed by atoms with Gasteiger partial charge in [0.25, 0.3) is 0 Å². The van der Waals surface area contributed by atoms with Crippen LogP contribution in [0, 0.1) is 5.18 Å². The van der Waals surface area contributed by atoms with Crippen LogP contribution in [0.5, 0.6) is 0 Å². The molecule has 0 fully saturated rings. The van der Waals surface area contributed by atoms with E-state index < -0.39 is 0 Å². The predicted octanol–water partition coefficient (Wildman–Crippen LogP) is -0.282. The van der Waals surface area contributed by atoms with Gasteiger partial charge in [0.2, 0.25) is 0 Å². The van der Waals surface area contributed by atoms with Crippen molar-refractivity contribution in [1.82, 2.24) is 5.32 Å². The first-order chi connectivity index (χ1) is 4.22. The van der Waals surface area contributed by atoms with E-state index in [1.165, 1.54) is 0 Å². The number of hydrogen-bond donors (Lipinski definition) is 2. The van der Waals surface area contributed by atoms with Gasteiger partial charge in [0.05, 0.1) is 0 Å². The average Bonchev–Trinajstić information content (AvgIpc) is 1.87. The minimum Gasteiger partial charge on any atom is -0.440 e. The van der Waals surface area contributed by atoms with Crippen molar-refractivity contribution in [2.24, 2.45) is 5.73 Å². The molecule has 0 aliphatic heterocycles. The summed E-state index contributed by atoms with van der Waals surface area (Å²) in [5, 5.41) is 6.79. The fraction of sp³-hybridized carbons (Fsp3) is 0.833. The van der Waals surface area contributed by atoms with Crippen molar-refractivity contribution in [3.63, 3.8) is 0 Å². The van der Waals surface area contributed by atoms with Gasteiger partial charge in [-0.25, -0.2) is 0 Å². The smallest absolute Gasteiger partial charge is 0.0210 e. The molecular weight excluding hydrogens is 132 g/mol. The fourth-order valence-electron chi connectivity index (χ4n) is 0.433. The third-order valence-corrected chi connectivity index (χ3v) is 3.17. The van der Waals surface area contributed by atoms with E-state index in [4.69, 9.17) is 5.73 Å². The molecule has 2 nitrogen and oxygen atoms in total. The molecule has 0 heterocycles. The lowest BCUT2D eigenvalue weighted by Gasteiger charge is -2.21. The van der Waals surface area contributed by atoms with Gasteiger partial charge in [0.15, 0.2) is 0 Å². The Hall–Kier alpha value is 0.0500. The Kier molecular flexibility index (Phi) is 4.91. The number of nitrogens with two attached hydrogens (primary N) is 1. The third kappa shape index (κ3) is 3.60. The Bertz CT molecular complexity index is 142. The Morgan fingerprint density at radius 2 is 2.33 bits per heavy atom. The summed E-state index contributed by atoms with van der Waals surface area (Å²) in [5.41, 5.74) is 5.29. The van der Waals surface area contributed by atoms with Crippen LogP contribution >= 0.6 is 0 Å². The van der Waals surface area contributed by atoms with Crippen molar-refractivity contribution < 1.29 is 0 Å². The molecule has 0 aliphatic carbocycles. The van der Waals surface area contributed by atoms with Gasteiger partial charge in [-0.05, 0) is 7.05 Å². The summed E-state index contributed by atoms with van der Waals surface area (Å²) in [5.74, 6) is 0. The minimum absolute atomic E-state index is 0.199. The van der Waals surface area contributed by atoms with Gasteiger partial charge in [-0.3, -0.25) is 5.18 Å². The molecule has 0 bridgehead atoms. The molecule has 0 saturated heterocycles. The van der Waals surface area contributed by atoms with Crippen LogP contribution in [-0.2, 0) is 10.3 Å². The highest BCUT2D eigenvalue weighted by Gasteiger charge is 1.79. The monoisotopic (exact) mass is 147 g/mol. The lowest BCUT2D eigenvalue weighted by Crippen LogP contribution is -2.24. The zero-order valence-corrected chi connectivity index (χ0v) is 7.09. The van der Waals surface area contributed by atoms with E-state index in [0.717, 1.165) is 0 Å². The van der Waals surface area contributed by atoms with Crippen molar-refractivity contribution in [1.29, 1.82) is 0 Å². The molecule has 0 rings (SSSR count). The Balaban J connectivity index is 3.85. The van der Waals surface area contributed by atoms with Crippen LogP contribution in [0.3, 0.4) is 0 Å².